The number of aryl methyl sites for hydroxylation is 2. The quantitative estimate of drug-likeness (QED) is 0.825. The Hall–Kier alpha value is -2.77. The Morgan fingerprint density at radius 1 is 1.07 bits per heavy atom. The van der Waals surface area contributed by atoms with E-state index in [1.54, 1.807) is 18.7 Å². The van der Waals surface area contributed by atoms with Crippen LogP contribution in [0.4, 0.5) is 8.78 Å². The fourth-order valence-electron chi connectivity index (χ4n) is 3.45. The molecule has 0 aliphatic carbocycles. The average Bonchev–Trinajstić information content (AvgIpc) is 3.00. The molecule has 0 bridgehead atoms. The smallest absolute Gasteiger partial charge is 0.254 e. The predicted molar refractivity (Wildman–Crippen MR) is 93.2 cm³/mol. The number of aromatic nitrogens is 1. The highest BCUT2D eigenvalue weighted by molar-refractivity contribution is 5.94. The molecular weight excluding hydrogens is 356 g/mol. The molecule has 1 atom stereocenters. The van der Waals surface area contributed by atoms with Crippen molar-refractivity contribution in [2.75, 3.05) is 26.2 Å². The highest BCUT2D eigenvalue weighted by atomic mass is 19.2. The Morgan fingerprint density at radius 2 is 1.70 bits per heavy atom. The number of hydrogen-bond donors (Lipinski definition) is 0. The molecule has 1 aliphatic heterocycles. The number of carbonyl (C=O) groups is 2. The molecule has 1 aromatic heterocycles. The van der Waals surface area contributed by atoms with E-state index in [-0.39, 0.29) is 23.3 Å². The summed E-state index contributed by atoms with van der Waals surface area (Å²) in [6.07, 6.45) is 0. The standard InChI is InChI=1S/C19H21F2N3O3/c1-11(17-12(2)22-27-13(17)3)18(25)23-6-8-24(9-7-23)19(26)14-4-5-15(20)16(21)10-14/h4-5,10-11H,6-9H2,1-3H3. The fraction of sp³-hybridized carbons (Fsp3) is 0.421. The molecule has 1 fully saturated rings. The zero-order valence-corrected chi connectivity index (χ0v) is 15.5. The minimum absolute atomic E-state index is 0.0516. The van der Waals surface area contributed by atoms with E-state index in [4.69, 9.17) is 4.52 Å². The monoisotopic (exact) mass is 377 g/mol. The molecule has 2 aromatic rings. The van der Waals surface area contributed by atoms with Gasteiger partial charge in [0.2, 0.25) is 5.91 Å². The number of benzene rings is 1. The molecule has 1 saturated heterocycles. The number of piperazine rings is 1. The number of amides is 2. The molecule has 27 heavy (non-hydrogen) atoms. The molecular formula is C19H21F2N3O3. The fourth-order valence-corrected chi connectivity index (χ4v) is 3.45. The zero-order chi connectivity index (χ0) is 19.7. The lowest BCUT2D eigenvalue weighted by atomic mass is 9.97. The average molecular weight is 377 g/mol. The van der Waals surface area contributed by atoms with Gasteiger partial charge in [-0.05, 0) is 39.0 Å². The topological polar surface area (TPSA) is 66.7 Å². The van der Waals surface area contributed by atoms with Gasteiger partial charge in [-0.15, -0.1) is 0 Å². The van der Waals surface area contributed by atoms with Crippen LogP contribution >= 0.6 is 0 Å². The van der Waals surface area contributed by atoms with Crippen LogP contribution in [0.25, 0.3) is 0 Å². The Kier molecular flexibility index (Phi) is 5.25. The van der Waals surface area contributed by atoms with E-state index in [2.05, 4.69) is 5.16 Å². The number of halogens is 2. The van der Waals surface area contributed by atoms with Crippen LogP contribution in [0.3, 0.4) is 0 Å². The summed E-state index contributed by atoms with van der Waals surface area (Å²) in [5.41, 5.74) is 1.58. The number of rotatable bonds is 3. The second-order valence-electron chi connectivity index (χ2n) is 6.71. The minimum atomic E-state index is -1.05. The summed E-state index contributed by atoms with van der Waals surface area (Å²) in [6.45, 7) is 6.80. The van der Waals surface area contributed by atoms with E-state index in [0.29, 0.717) is 37.6 Å². The third kappa shape index (κ3) is 3.70. The Bertz CT molecular complexity index is 854. The van der Waals surface area contributed by atoms with Crippen molar-refractivity contribution in [1.29, 1.82) is 0 Å². The molecule has 0 radical (unpaired) electrons. The zero-order valence-electron chi connectivity index (χ0n) is 15.5. The van der Waals surface area contributed by atoms with Crippen LogP contribution in [-0.4, -0.2) is 52.9 Å². The second kappa shape index (κ2) is 7.46. The first-order chi connectivity index (χ1) is 12.8. The predicted octanol–water partition coefficient (Wildman–Crippen LogP) is 2.66. The van der Waals surface area contributed by atoms with Gasteiger partial charge in [-0.1, -0.05) is 5.16 Å². The van der Waals surface area contributed by atoms with Crippen molar-refractivity contribution in [3.8, 4) is 0 Å². The van der Waals surface area contributed by atoms with E-state index in [1.807, 2.05) is 6.92 Å². The molecule has 8 heteroatoms. The van der Waals surface area contributed by atoms with Crippen LogP contribution in [0.15, 0.2) is 22.7 Å². The number of carbonyl (C=O) groups excluding carboxylic acids is 2. The highest BCUT2D eigenvalue weighted by Gasteiger charge is 2.30. The molecule has 1 unspecified atom stereocenters. The summed E-state index contributed by atoms with van der Waals surface area (Å²) in [5, 5.41) is 3.89. The van der Waals surface area contributed by atoms with Crippen LogP contribution in [0, 0.1) is 25.5 Å². The molecule has 0 saturated carbocycles. The summed E-state index contributed by atoms with van der Waals surface area (Å²) in [7, 11) is 0. The first-order valence-corrected chi connectivity index (χ1v) is 8.75. The van der Waals surface area contributed by atoms with Crippen molar-refractivity contribution < 1.29 is 22.9 Å². The lowest BCUT2D eigenvalue weighted by Crippen LogP contribution is -2.51. The van der Waals surface area contributed by atoms with Crippen LogP contribution in [0.2, 0.25) is 0 Å². The molecule has 2 heterocycles. The van der Waals surface area contributed by atoms with Gasteiger partial charge >= 0.3 is 0 Å². The first kappa shape index (κ1) is 19.0. The molecule has 6 nitrogen and oxygen atoms in total. The molecule has 0 N–H and O–H groups in total. The van der Waals surface area contributed by atoms with Gasteiger partial charge in [-0.25, -0.2) is 8.78 Å². The van der Waals surface area contributed by atoms with Gasteiger partial charge in [0.05, 0.1) is 11.6 Å². The molecule has 144 valence electrons. The van der Waals surface area contributed by atoms with Gasteiger partial charge in [0.25, 0.3) is 5.91 Å². The summed E-state index contributed by atoms with van der Waals surface area (Å²) in [4.78, 5) is 28.5. The van der Waals surface area contributed by atoms with E-state index in [9.17, 15) is 18.4 Å². The largest absolute Gasteiger partial charge is 0.361 e. The first-order valence-electron chi connectivity index (χ1n) is 8.75. The lowest BCUT2D eigenvalue weighted by Gasteiger charge is -2.36. The summed E-state index contributed by atoms with van der Waals surface area (Å²) in [6, 6.07) is 3.10. The van der Waals surface area contributed by atoms with Crippen LogP contribution in [-0.2, 0) is 4.79 Å². The summed E-state index contributed by atoms with van der Waals surface area (Å²) >= 11 is 0. The van der Waals surface area contributed by atoms with E-state index in [1.165, 1.54) is 11.0 Å². The van der Waals surface area contributed by atoms with Crippen molar-refractivity contribution in [3.63, 3.8) is 0 Å². The molecule has 1 aromatic carbocycles. The van der Waals surface area contributed by atoms with Crippen molar-refractivity contribution in [2.45, 2.75) is 26.7 Å². The molecule has 1 aliphatic rings. The van der Waals surface area contributed by atoms with Gasteiger partial charge < -0.3 is 14.3 Å². The number of hydrogen-bond acceptors (Lipinski definition) is 4. The highest BCUT2D eigenvalue weighted by Crippen LogP contribution is 2.25. The van der Waals surface area contributed by atoms with E-state index in [0.717, 1.165) is 17.7 Å². The van der Waals surface area contributed by atoms with Crippen LogP contribution in [0.5, 0.6) is 0 Å². The van der Waals surface area contributed by atoms with Gasteiger partial charge in [0, 0.05) is 37.3 Å². The maximum absolute atomic E-state index is 13.4. The molecule has 0 spiro atoms. The van der Waals surface area contributed by atoms with Crippen molar-refractivity contribution in [1.82, 2.24) is 15.0 Å². The van der Waals surface area contributed by atoms with E-state index >= 15 is 0 Å². The summed E-state index contributed by atoms with van der Waals surface area (Å²) < 4.78 is 31.5. The second-order valence-corrected chi connectivity index (χ2v) is 6.71. The number of nitrogens with zero attached hydrogens (tertiary/aromatic N) is 3. The van der Waals surface area contributed by atoms with Crippen molar-refractivity contribution >= 4 is 11.8 Å². The van der Waals surface area contributed by atoms with Gasteiger partial charge in [0.1, 0.15) is 5.76 Å². The van der Waals surface area contributed by atoms with Crippen molar-refractivity contribution in [3.05, 3.63) is 52.4 Å². The van der Waals surface area contributed by atoms with Crippen molar-refractivity contribution in [2.24, 2.45) is 0 Å². The summed E-state index contributed by atoms with van der Waals surface area (Å²) in [5.74, 6) is -2.23. The third-order valence-corrected chi connectivity index (χ3v) is 4.94. The minimum Gasteiger partial charge on any atom is -0.361 e. The lowest BCUT2D eigenvalue weighted by molar-refractivity contribution is -0.133. The molecule has 3 rings (SSSR count). The third-order valence-electron chi connectivity index (χ3n) is 4.94. The maximum atomic E-state index is 13.4. The molecule has 2 amide bonds. The van der Waals surface area contributed by atoms with Gasteiger partial charge in [0.15, 0.2) is 11.6 Å². The SMILES string of the molecule is Cc1noc(C)c1C(C)C(=O)N1CCN(C(=O)c2ccc(F)c(F)c2)CC1. The normalized spacial score (nSPS) is 15.7. The van der Waals surface area contributed by atoms with Gasteiger partial charge in [-0.3, -0.25) is 9.59 Å². The van der Waals surface area contributed by atoms with Gasteiger partial charge in [-0.2, -0.15) is 0 Å². The Balaban J connectivity index is 1.63. The Morgan fingerprint density at radius 3 is 2.26 bits per heavy atom. The van der Waals surface area contributed by atoms with Crippen LogP contribution in [0.1, 0.15) is 40.2 Å². The Labute approximate surface area is 155 Å². The van der Waals surface area contributed by atoms with Crippen LogP contribution < -0.4 is 0 Å². The maximum Gasteiger partial charge on any atom is 0.254 e. The van der Waals surface area contributed by atoms with E-state index < -0.39 is 11.6 Å².